The Morgan fingerprint density at radius 2 is 2.08 bits per heavy atom. The normalized spacial score (nSPS) is 12.7. The standard InChI is InChI=1S/C10H15NO/c1-7-4-5-10(12-3)9(6-7)8(2)11/h4-6,8H,11H2,1-3H3/t8-/m0/s1. The second kappa shape index (κ2) is 3.59. The van der Waals surface area contributed by atoms with E-state index in [1.807, 2.05) is 26.0 Å². The Morgan fingerprint density at radius 3 is 2.58 bits per heavy atom. The third-order valence-corrected chi connectivity index (χ3v) is 1.88. The van der Waals surface area contributed by atoms with Crippen LogP contribution in [0.25, 0.3) is 0 Å². The van der Waals surface area contributed by atoms with Crippen molar-refractivity contribution in [2.24, 2.45) is 5.73 Å². The Labute approximate surface area is 73.3 Å². The van der Waals surface area contributed by atoms with Gasteiger partial charge >= 0.3 is 0 Å². The maximum atomic E-state index is 5.78. The molecule has 0 aliphatic carbocycles. The summed E-state index contributed by atoms with van der Waals surface area (Å²) in [6.45, 7) is 4.00. The predicted molar refractivity (Wildman–Crippen MR) is 50.3 cm³/mol. The Kier molecular flexibility index (Phi) is 2.71. The molecule has 1 aromatic carbocycles. The first-order chi connectivity index (χ1) is 5.65. The topological polar surface area (TPSA) is 35.2 Å². The highest BCUT2D eigenvalue weighted by Crippen LogP contribution is 2.24. The minimum absolute atomic E-state index is 0.0276. The van der Waals surface area contributed by atoms with Gasteiger partial charge in [-0.05, 0) is 19.9 Å². The molecule has 1 rings (SSSR count). The summed E-state index contributed by atoms with van der Waals surface area (Å²) in [5.41, 5.74) is 8.06. The SMILES string of the molecule is COc1ccc(C)cc1[C@H](C)N. The van der Waals surface area contributed by atoms with Crippen molar-refractivity contribution in [1.29, 1.82) is 0 Å². The average Bonchev–Trinajstić information content (AvgIpc) is 2.04. The predicted octanol–water partition coefficient (Wildman–Crippen LogP) is 2.02. The summed E-state index contributed by atoms with van der Waals surface area (Å²) in [6.07, 6.45) is 0. The molecule has 0 amide bonds. The number of hydrogen-bond acceptors (Lipinski definition) is 2. The van der Waals surface area contributed by atoms with E-state index < -0.39 is 0 Å². The number of methoxy groups -OCH3 is 1. The van der Waals surface area contributed by atoms with E-state index in [1.54, 1.807) is 7.11 Å². The van der Waals surface area contributed by atoms with Crippen LogP contribution in [0.15, 0.2) is 18.2 Å². The average molecular weight is 165 g/mol. The molecule has 0 spiro atoms. The van der Waals surface area contributed by atoms with Gasteiger partial charge in [-0.1, -0.05) is 17.7 Å². The van der Waals surface area contributed by atoms with E-state index in [0.717, 1.165) is 11.3 Å². The Hall–Kier alpha value is -1.02. The minimum atomic E-state index is 0.0276. The van der Waals surface area contributed by atoms with Gasteiger partial charge in [0.2, 0.25) is 0 Å². The number of aryl methyl sites for hydroxylation is 1. The zero-order chi connectivity index (χ0) is 9.14. The zero-order valence-corrected chi connectivity index (χ0v) is 7.79. The summed E-state index contributed by atoms with van der Waals surface area (Å²) in [7, 11) is 1.66. The second-order valence-corrected chi connectivity index (χ2v) is 3.03. The van der Waals surface area contributed by atoms with Crippen molar-refractivity contribution in [3.63, 3.8) is 0 Å². The van der Waals surface area contributed by atoms with E-state index in [9.17, 15) is 0 Å². The van der Waals surface area contributed by atoms with Gasteiger partial charge in [0.15, 0.2) is 0 Å². The minimum Gasteiger partial charge on any atom is -0.496 e. The van der Waals surface area contributed by atoms with Crippen LogP contribution < -0.4 is 10.5 Å². The van der Waals surface area contributed by atoms with Crippen LogP contribution in [0, 0.1) is 6.92 Å². The number of nitrogens with two attached hydrogens (primary N) is 1. The van der Waals surface area contributed by atoms with Crippen molar-refractivity contribution in [2.45, 2.75) is 19.9 Å². The van der Waals surface area contributed by atoms with Gasteiger partial charge in [0, 0.05) is 11.6 Å². The summed E-state index contributed by atoms with van der Waals surface area (Å²) in [4.78, 5) is 0. The van der Waals surface area contributed by atoms with Gasteiger partial charge in [-0.2, -0.15) is 0 Å². The largest absolute Gasteiger partial charge is 0.496 e. The Morgan fingerprint density at radius 1 is 1.42 bits per heavy atom. The number of benzene rings is 1. The number of ether oxygens (including phenoxy) is 1. The van der Waals surface area contributed by atoms with Crippen LogP contribution in [0.4, 0.5) is 0 Å². The van der Waals surface area contributed by atoms with E-state index in [0.29, 0.717) is 0 Å². The van der Waals surface area contributed by atoms with Crippen LogP contribution in [-0.2, 0) is 0 Å². The molecule has 12 heavy (non-hydrogen) atoms. The maximum Gasteiger partial charge on any atom is 0.123 e. The first kappa shape index (κ1) is 9.07. The lowest BCUT2D eigenvalue weighted by atomic mass is 10.1. The molecule has 0 fully saturated rings. The fourth-order valence-corrected chi connectivity index (χ4v) is 1.21. The summed E-state index contributed by atoms with van der Waals surface area (Å²) in [6, 6.07) is 6.06. The third-order valence-electron chi connectivity index (χ3n) is 1.88. The summed E-state index contributed by atoms with van der Waals surface area (Å²) in [5.74, 6) is 0.871. The fraction of sp³-hybridized carbons (Fsp3) is 0.400. The molecule has 0 unspecified atom stereocenters. The van der Waals surface area contributed by atoms with Crippen LogP contribution in [0.1, 0.15) is 24.1 Å². The highest BCUT2D eigenvalue weighted by molar-refractivity contribution is 5.38. The molecule has 0 radical (unpaired) electrons. The molecule has 0 saturated heterocycles. The fourth-order valence-electron chi connectivity index (χ4n) is 1.21. The van der Waals surface area contributed by atoms with Crippen molar-refractivity contribution in [1.82, 2.24) is 0 Å². The number of hydrogen-bond donors (Lipinski definition) is 1. The van der Waals surface area contributed by atoms with Gasteiger partial charge in [0.05, 0.1) is 7.11 Å². The quantitative estimate of drug-likeness (QED) is 0.727. The molecule has 2 heteroatoms. The van der Waals surface area contributed by atoms with E-state index in [2.05, 4.69) is 6.07 Å². The monoisotopic (exact) mass is 165 g/mol. The van der Waals surface area contributed by atoms with Crippen LogP contribution in [0.2, 0.25) is 0 Å². The van der Waals surface area contributed by atoms with Gasteiger partial charge < -0.3 is 10.5 Å². The molecule has 0 heterocycles. The highest BCUT2D eigenvalue weighted by atomic mass is 16.5. The van der Waals surface area contributed by atoms with Gasteiger partial charge in [-0.3, -0.25) is 0 Å². The van der Waals surface area contributed by atoms with Crippen LogP contribution in [0.5, 0.6) is 5.75 Å². The summed E-state index contributed by atoms with van der Waals surface area (Å²) < 4.78 is 5.18. The molecule has 1 atom stereocenters. The smallest absolute Gasteiger partial charge is 0.123 e. The molecule has 0 bridgehead atoms. The molecule has 1 aromatic rings. The van der Waals surface area contributed by atoms with Crippen molar-refractivity contribution in [2.75, 3.05) is 7.11 Å². The molecule has 0 saturated carbocycles. The molecule has 66 valence electrons. The van der Waals surface area contributed by atoms with E-state index in [-0.39, 0.29) is 6.04 Å². The first-order valence-corrected chi connectivity index (χ1v) is 4.05. The molecule has 2 nitrogen and oxygen atoms in total. The number of rotatable bonds is 2. The van der Waals surface area contributed by atoms with Crippen LogP contribution in [-0.4, -0.2) is 7.11 Å². The van der Waals surface area contributed by atoms with Crippen LogP contribution in [0.3, 0.4) is 0 Å². The first-order valence-electron chi connectivity index (χ1n) is 4.05. The summed E-state index contributed by atoms with van der Waals surface area (Å²) >= 11 is 0. The van der Waals surface area contributed by atoms with Gasteiger partial charge in [-0.15, -0.1) is 0 Å². The van der Waals surface area contributed by atoms with E-state index >= 15 is 0 Å². The van der Waals surface area contributed by atoms with Crippen molar-refractivity contribution in [3.8, 4) is 5.75 Å². The maximum absolute atomic E-state index is 5.78. The van der Waals surface area contributed by atoms with Gasteiger partial charge in [0.1, 0.15) is 5.75 Å². The lowest BCUT2D eigenvalue weighted by Crippen LogP contribution is -2.07. The van der Waals surface area contributed by atoms with Crippen molar-refractivity contribution >= 4 is 0 Å². The second-order valence-electron chi connectivity index (χ2n) is 3.03. The Balaban J connectivity index is 3.12. The summed E-state index contributed by atoms with van der Waals surface area (Å²) in [5, 5.41) is 0. The lowest BCUT2D eigenvalue weighted by molar-refractivity contribution is 0.407. The molecular formula is C10H15NO. The lowest BCUT2D eigenvalue weighted by Gasteiger charge is -2.11. The third kappa shape index (κ3) is 1.77. The highest BCUT2D eigenvalue weighted by Gasteiger charge is 2.06. The zero-order valence-electron chi connectivity index (χ0n) is 7.79. The van der Waals surface area contributed by atoms with E-state index in [4.69, 9.17) is 10.5 Å². The van der Waals surface area contributed by atoms with Crippen molar-refractivity contribution < 1.29 is 4.74 Å². The molecule has 0 aromatic heterocycles. The Bertz CT molecular complexity index is 269. The van der Waals surface area contributed by atoms with Crippen molar-refractivity contribution in [3.05, 3.63) is 29.3 Å². The molecule has 0 aliphatic heterocycles. The van der Waals surface area contributed by atoms with E-state index in [1.165, 1.54) is 5.56 Å². The molecular weight excluding hydrogens is 150 g/mol. The molecule has 0 aliphatic rings. The molecule has 2 N–H and O–H groups in total. The van der Waals surface area contributed by atoms with Gasteiger partial charge in [-0.25, -0.2) is 0 Å². The van der Waals surface area contributed by atoms with Gasteiger partial charge in [0.25, 0.3) is 0 Å². The van der Waals surface area contributed by atoms with Crippen LogP contribution >= 0.6 is 0 Å².